The number of carbonyl (C=O) groups excluding carboxylic acids is 1. The van der Waals surface area contributed by atoms with Gasteiger partial charge in [-0.1, -0.05) is 12.8 Å². The molecule has 2 aliphatic rings. The highest BCUT2D eigenvalue weighted by atomic mass is 35.5. The van der Waals surface area contributed by atoms with Gasteiger partial charge in [-0.15, -0.1) is 12.4 Å². The molecule has 2 fully saturated rings. The van der Waals surface area contributed by atoms with Crippen LogP contribution in [0.15, 0.2) is 18.3 Å². The van der Waals surface area contributed by atoms with Gasteiger partial charge in [0.1, 0.15) is 0 Å². The zero-order chi connectivity index (χ0) is 13.8. The number of aromatic nitrogens is 1. The van der Waals surface area contributed by atoms with Crippen molar-refractivity contribution >= 4 is 18.3 Å². The summed E-state index contributed by atoms with van der Waals surface area (Å²) < 4.78 is 0. The first-order chi connectivity index (χ1) is 9.83. The first-order valence-electron chi connectivity index (χ1n) is 7.80. The molecule has 1 aliphatic heterocycles. The van der Waals surface area contributed by atoms with Crippen LogP contribution < -0.4 is 10.6 Å². The molecule has 1 aromatic rings. The van der Waals surface area contributed by atoms with Crippen LogP contribution in [0.2, 0.25) is 0 Å². The lowest BCUT2D eigenvalue weighted by Crippen LogP contribution is -2.32. The van der Waals surface area contributed by atoms with Crippen LogP contribution in [0.1, 0.15) is 60.5 Å². The Labute approximate surface area is 132 Å². The average Bonchev–Trinajstić information content (AvgIpc) is 3.01. The molecule has 1 saturated carbocycles. The molecule has 1 aromatic heterocycles. The molecule has 0 aromatic carbocycles. The number of halogens is 1. The molecule has 0 radical (unpaired) electrons. The fourth-order valence-electron chi connectivity index (χ4n) is 3.27. The molecule has 0 bridgehead atoms. The zero-order valence-corrected chi connectivity index (χ0v) is 13.1. The van der Waals surface area contributed by atoms with Crippen molar-refractivity contribution in [1.82, 2.24) is 15.6 Å². The molecule has 0 atom stereocenters. The lowest BCUT2D eigenvalue weighted by molar-refractivity contribution is 0.0937. The van der Waals surface area contributed by atoms with E-state index in [1.54, 1.807) is 6.20 Å². The summed E-state index contributed by atoms with van der Waals surface area (Å²) in [5.41, 5.74) is 1.84. The third kappa shape index (κ3) is 4.17. The van der Waals surface area contributed by atoms with Crippen molar-refractivity contribution in [2.75, 3.05) is 13.1 Å². The Morgan fingerprint density at radius 2 is 1.90 bits per heavy atom. The number of hydrogen-bond acceptors (Lipinski definition) is 3. The summed E-state index contributed by atoms with van der Waals surface area (Å²) in [4.78, 5) is 16.8. The third-order valence-electron chi connectivity index (χ3n) is 4.49. The number of rotatable bonds is 3. The average molecular weight is 310 g/mol. The van der Waals surface area contributed by atoms with Crippen molar-refractivity contribution < 1.29 is 4.79 Å². The Bertz CT molecular complexity index is 468. The molecule has 2 heterocycles. The van der Waals surface area contributed by atoms with E-state index in [9.17, 15) is 4.79 Å². The predicted octanol–water partition coefficient (Wildman–Crippen LogP) is 2.64. The maximum Gasteiger partial charge on any atom is 0.251 e. The summed E-state index contributed by atoms with van der Waals surface area (Å²) in [6, 6.07) is 4.19. The van der Waals surface area contributed by atoms with Crippen LogP contribution in [0, 0.1) is 0 Å². The van der Waals surface area contributed by atoms with E-state index in [2.05, 4.69) is 15.6 Å². The molecule has 1 aliphatic carbocycles. The van der Waals surface area contributed by atoms with Crippen LogP contribution in [-0.2, 0) is 0 Å². The second-order valence-electron chi connectivity index (χ2n) is 5.95. The van der Waals surface area contributed by atoms with Gasteiger partial charge in [-0.3, -0.25) is 9.78 Å². The minimum absolute atomic E-state index is 0. The van der Waals surface area contributed by atoms with Gasteiger partial charge in [-0.05, 0) is 50.9 Å². The van der Waals surface area contributed by atoms with Crippen LogP contribution in [0.3, 0.4) is 0 Å². The predicted molar refractivity (Wildman–Crippen MR) is 86.1 cm³/mol. The Kier molecular flexibility index (Phi) is 6.00. The van der Waals surface area contributed by atoms with Crippen LogP contribution in [0.4, 0.5) is 0 Å². The van der Waals surface area contributed by atoms with Gasteiger partial charge in [-0.2, -0.15) is 0 Å². The summed E-state index contributed by atoms with van der Waals surface area (Å²) in [6.45, 7) is 2.09. The number of carbonyl (C=O) groups is 1. The van der Waals surface area contributed by atoms with Gasteiger partial charge in [0.25, 0.3) is 5.91 Å². The summed E-state index contributed by atoms with van der Waals surface area (Å²) in [5, 5.41) is 6.51. The number of amides is 1. The monoisotopic (exact) mass is 309 g/mol. The molecule has 1 saturated heterocycles. The Morgan fingerprint density at radius 1 is 1.19 bits per heavy atom. The van der Waals surface area contributed by atoms with E-state index < -0.39 is 0 Å². The number of hydrogen-bond donors (Lipinski definition) is 2. The molecular formula is C16H24ClN3O. The topological polar surface area (TPSA) is 54.0 Å². The summed E-state index contributed by atoms with van der Waals surface area (Å²) in [6.07, 6.45) is 8.72. The molecule has 116 valence electrons. The molecule has 0 spiro atoms. The number of nitrogens with zero attached hydrogens (tertiary/aromatic N) is 1. The fourth-order valence-corrected chi connectivity index (χ4v) is 3.27. The first-order valence-corrected chi connectivity index (χ1v) is 7.80. The van der Waals surface area contributed by atoms with Crippen molar-refractivity contribution in [1.29, 1.82) is 0 Å². The molecule has 0 unspecified atom stereocenters. The van der Waals surface area contributed by atoms with Crippen LogP contribution >= 0.6 is 12.4 Å². The molecule has 1 amide bonds. The van der Waals surface area contributed by atoms with Crippen LogP contribution in [0.5, 0.6) is 0 Å². The largest absolute Gasteiger partial charge is 0.349 e. The summed E-state index contributed by atoms with van der Waals surface area (Å²) in [7, 11) is 0. The third-order valence-corrected chi connectivity index (χ3v) is 4.49. The van der Waals surface area contributed by atoms with E-state index in [4.69, 9.17) is 0 Å². The SMILES string of the molecule is Cl.O=C(NC1CCCC1)c1ccnc(C2CCNCC2)c1. The van der Waals surface area contributed by atoms with Gasteiger partial charge in [0.05, 0.1) is 0 Å². The van der Waals surface area contributed by atoms with Crippen molar-refractivity contribution in [3.63, 3.8) is 0 Å². The van der Waals surface area contributed by atoms with E-state index in [1.165, 1.54) is 12.8 Å². The maximum atomic E-state index is 12.3. The van der Waals surface area contributed by atoms with Gasteiger partial charge < -0.3 is 10.6 Å². The van der Waals surface area contributed by atoms with Crippen molar-refractivity contribution in [2.45, 2.75) is 50.5 Å². The molecule has 2 N–H and O–H groups in total. The Hall–Kier alpha value is -1.13. The van der Waals surface area contributed by atoms with Crippen molar-refractivity contribution in [3.8, 4) is 0 Å². The second-order valence-corrected chi connectivity index (χ2v) is 5.95. The van der Waals surface area contributed by atoms with E-state index in [1.807, 2.05) is 12.1 Å². The highest BCUT2D eigenvalue weighted by Crippen LogP contribution is 2.24. The Balaban J connectivity index is 0.00000161. The highest BCUT2D eigenvalue weighted by Gasteiger charge is 2.20. The summed E-state index contributed by atoms with van der Waals surface area (Å²) in [5.74, 6) is 0.560. The molecule has 5 heteroatoms. The van der Waals surface area contributed by atoms with E-state index in [0.29, 0.717) is 12.0 Å². The molecule has 4 nitrogen and oxygen atoms in total. The van der Waals surface area contributed by atoms with Crippen molar-refractivity contribution in [3.05, 3.63) is 29.6 Å². The molecule has 3 rings (SSSR count). The minimum atomic E-state index is 0. The lowest BCUT2D eigenvalue weighted by atomic mass is 9.93. The summed E-state index contributed by atoms with van der Waals surface area (Å²) >= 11 is 0. The van der Waals surface area contributed by atoms with Gasteiger partial charge in [-0.25, -0.2) is 0 Å². The van der Waals surface area contributed by atoms with Crippen LogP contribution in [-0.4, -0.2) is 30.0 Å². The van der Waals surface area contributed by atoms with E-state index in [0.717, 1.165) is 50.0 Å². The maximum absolute atomic E-state index is 12.3. The minimum Gasteiger partial charge on any atom is -0.349 e. The second kappa shape index (κ2) is 7.76. The standard InChI is InChI=1S/C16H23N3O.ClH/c20-16(19-14-3-1-2-4-14)13-7-10-18-15(11-13)12-5-8-17-9-6-12;/h7,10-12,14,17H,1-6,8-9H2,(H,19,20);1H. The Morgan fingerprint density at radius 3 is 2.62 bits per heavy atom. The lowest BCUT2D eigenvalue weighted by Gasteiger charge is -2.22. The van der Waals surface area contributed by atoms with Crippen molar-refractivity contribution in [2.24, 2.45) is 0 Å². The number of nitrogens with one attached hydrogen (secondary N) is 2. The smallest absolute Gasteiger partial charge is 0.251 e. The van der Waals surface area contributed by atoms with Gasteiger partial charge in [0.15, 0.2) is 0 Å². The van der Waals surface area contributed by atoms with Crippen LogP contribution in [0.25, 0.3) is 0 Å². The quantitative estimate of drug-likeness (QED) is 0.902. The highest BCUT2D eigenvalue weighted by molar-refractivity contribution is 5.94. The zero-order valence-electron chi connectivity index (χ0n) is 12.3. The van der Waals surface area contributed by atoms with Gasteiger partial charge in [0, 0.05) is 29.4 Å². The van der Waals surface area contributed by atoms with Gasteiger partial charge >= 0.3 is 0 Å². The van der Waals surface area contributed by atoms with E-state index in [-0.39, 0.29) is 18.3 Å². The number of piperidine rings is 1. The van der Waals surface area contributed by atoms with Gasteiger partial charge in [0.2, 0.25) is 0 Å². The molecule has 21 heavy (non-hydrogen) atoms. The molecular weight excluding hydrogens is 286 g/mol. The number of pyridine rings is 1. The normalized spacial score (nSPS) is 20.0. The fraction of sp³-hybridized carbons (Fsp3) is 0.625. The first kappa shape index (κ1) is 16.2. The van der Waals surface area contributed by atoms with E-state index >= 15 is 0 Å².